The number of hydrogen-bond acceptors (Lipinski definition) is 1. The maximum Gasteiger partial charge on any atom is -0.0210 e. The molecule has 0 rings (SSSR count). The minimum absolute atomic E-state index is 1.13. The summed E-state index contributed by atoms with van der Waals surface area (Å²) in [6.07, 6.45) is 25.7. The van der Waals surface area contributed by atoms with Crippen molar-refractivity contribution in [3.05, 3.63) is 0 Å². The lowest BCUT2D eigenvalue weighted by Crippen LogP contribution is -1.84. The summed E-state index contributed by atoms with van der Waals surface area (Å²) in [4.78, 5) is 0. The van der Waals surface area contributed by atoms with Gasteiger partial charge in [0.1, 0.15) is 0 Å². The van der Waals surface area contributed by atoms with E-state index in [1.54, 1.807) is 0 Å². The fourth-order valence-electron chi connectivity index (χ4n) is 2.95. The molecule has 0 saturated carbocycles. The molecule has 0 aromatic carbocycles. The van der Waals surface area contributed by atoms with Crippen molar-refractivity contribution < 1.29 is 0 Å². The lowest BCUT2D eigenvalue weighted by Gasteiger charge is -2.03. The predicted octanol–water partition coefficient (Wildman–Crippen LogP) is 8.03. The van der Waals surface area contributed by atoms with Crippen LogP contribution < -0.4 is 0 Å². The summed E-state index contributed by atoms with van der Waals surface area (Å²) in [7, 11) is 0. The van der Waals surface area contributed by atoms with E-state index in [2.05, 4.69) is 6.92 Å². The van der Waals surface area contributed by atoms with Gasteiger partial charge in [0.05, 0.1) is 0 Å². The van der Waals surface area contributed by atoms with Gasteiger partial charge in [-0.15, -0.1) is 0 Å². The summed E-state index contributed by atoms with van der Waals surface area (Å²) in [5.74, 6) is 0. The summed E-state index contributed by atoms with van der Waals surface area (Å²) in [5, 5.41) is 1.88. The molecule has 0 N–H and O–H groups in total. The molecular formula is C20H40S. The Hall–Kier alpha value is 0.0900. The quantitative estimate of drug-likeness (QED) is 0.182. The molecule has 0 unspecified atom stereocenters. The van der Waals surface area contributed by atoms with E-state index in [9.17, 15) is 0 Å². The van der Waals surface area contributed by atoms with Crippen molar-refractivity contribution in [2.24, 2.45) is 0 Å². The maximum absolute atomic E-state index is 4.84. The third-order valence-corrected chi connectivity index (χ3v) is 4.66. The average molecular weight is 313 g/mol. The minimum atomic E-state index is 1.13. The van der Waals surface area contributed by atoms with E-state index in [1.807, 2.05) is 5.37 Å². The molecule has 0 bridgehead atoms. The first-order valence-electron chi connectivity index (χ1n) is 9.85. The van der Waals surface area contributed by atoms with Gasteiger partial charge in [0, 0.05) is 0 Å². The highest BCUT2D eigenvalue weighted by molar-refractivity contribution is 7.78. The predicted molar refractivity (Wildman–Crippen MR) is 102 cm³/mol. The van der Waals surface area contributed by atoms with Gasteiger partial charge in [-0.3, -0.25) is 0 Å². The number of hydrogen-bond donors (Lipinski definition) is 0. The zero-order valence-corrected chi connectivity index (χ0v) is 15.5. The molecular weight excluding hydrogens is 272 g/mol. The highest BCUT2D eigenvalue weighted by atomic mass is 32.1. The van der Waals surface area contributed by atoms with Gasteiger partial charge in [0.15, 0.2) is 0 Å². The van der Waals surface area contributed by atoms with Crippen molar-refractivity contribution >= 4 is 17.6 Å². The van der Waals surface area contributed by atoms with Gasteiger partial charge >= 0.3 is 0 Å². The van der Waals surface area contributed by atoms with Crippen LogP contribution in [0.3, 0.4) is 0 Å². The van der Waals surface area contributed by atoms with Gasteiger partial charge < -0.3 is 0 Å². The molecule has 21 heavy (non-hydrogen) atoms. The third kappa shape index (κ3) is 20.1. The molecule has 0 spiro atoms. The highest BCUT2D eigenvalue weighted by Gasteiger charge is 1.94. The van der Waals surface area contributed by atoms with Crippen molar-refractivity contribution in [2.45, 2.75) is 122 Å². The Labute approximate surface area is 140 Å². The third-order valence-electron chi connectivity index (χ3n) is 4.43. The average Bonchev–Trinajstić information content (AvgIpc) is 2.50. The van der Waals surface area contributed by atoms with Crippen molar-refractivity contribution in [3.63, 3.8) is 0 Å². The van der Waals surface area contributed by atoms with E-state index < -0.39 is 0 Å². The monoisotopic (exact) mass is 312 g/mol. The zero-order chi connectivity index (χ0) is 15.4. The first-order chi connectivity index (χ1) is 10.4. The van der Waals surface area contributed by atoms with Gasteiger partial charge in [-0.1, -0.05) is 122 Å². The van der Waals surface area contributed by atoms with Crippen LogP contribution >= 0.6 is 12.2 Å². The largest absolute Gasteiger partial charge is 0.0935 e. The van der Waals surface area contributed by atoms with Crippen LogP contribution in [0.4, 0.5) is 0 Å². The van der Waals surface area contributed by atoms with Gasteiger partial charge in [-0.25, -0.2) is 0 Å². The van der Waals surface area contributed by atoms with Crippen molar-refractivity contribution in [1.29, 1.82) is 0 Å². The van der Waals surface area contributed by atoms with E-state index in [4.69, 9.17) is 12.2 Å². The van der Waals surface area contributed by atoms with Crippen LogP contribution in [0.15, 0.2) is 0 Å². The molecule has 0 heterocycles. The van der Waals surface area contributed by atoms with E-state index in [-0.39, 0.29) is 0 Å². The lowest BCUT2D eigenvalue weighted by molar-refractivity contribution is 0.528. The SMILES string of the molecule is CCCCCCCCCCCCCCCCCCCC=S. The molecule has 0 fully saturated rings. The highest BCUT2D eigenvalue weighted by Crippen LogP contribution is 2.14. The van der Waals surface area contributed by atoms with E-state index >= 15 is 0 Å². The molecule has 0 aliphatic carbocycles. The second kappa shape index (κ2) is 20.1. The standard InChI is InChI=1S/C20H40S/c1-2-3-4-5-6-7-8-9-10-11-12-13-14-15-16-17-18-19-20-21/h20H,2-19H2,1H3. The van der Waals surface area contributed by atoms with E-state index in [0.29, 0.717) is 0 Å². The van der Waals surface area contributed by atoms with E-state index in [0.717, 1.165) is 6.42 Å². The van der Waals surface area contributed by atoms with Crippen molar-refractivity contribution in [2.75, 3.05) is 0 Å². The molecule has 0 atom stereocenters. The summed E-state index contributed by atoms with van der Waals surface area (Å²) >= 11 is 4.84. The van der Waals surface area contributed by atoms with Gasteiger partial charge in [-0.05, 0) is 18.2 Å². The second-order valence-corrected chi connectivity index (χ2v) is 6.95. The van der Waals surface area contributed by atoms with Crippen LogP contribution in [-0.4, -0.2) is 5.37 Å². The molecule has 0 aliphatic heterocycles. The zero-order valence-electron chi connectivity index (χ0n) is 14.7. The number of unbranched alkanes of at least 4 members (excludes halogenated alkanes) is 17. The normalized spacial score (nSPS) is 10.9. The Morgan fingerprint density at radius 2 is 0.762 bits per heavy atom. The number of rotatable bonds is 18. The Morgan fingerprint density at radius 3 is 1.05 bits per heavy atom. The van der Waals surface area contributed by atoms with Crippen molar-refractivity contribution in [1.82, 2.24) is 0 Å². The van der Waals surface area contributed by atoms with Gasteiger partial charge in [0.2, 0.25) is 0 Å². The van der Waals surface area contributed by atoms with E-state index in [1.165, 1.54) is 109 Å². The van der Waals surface area contributed by atoms with Crippen molar-refractivity contribution in [3.8, 4) is 0 Å². The fourth-order valence-corrected chi connectivity index (χ4v) is 3.12. The molecule has 0 aliphatic rings. The van der Waals surface area contributed by atoms with Crippen LogP contribution in [0.2, 0.25) is 0 Å². The first-order valence-corrected chi connectivity index (χ1v) is 10.3. The minimum Gasteiger partial charge on any atom is -0.0935 e. The van der Waals surface area contributed by atoms with Crippen LogP contribution in [0.1, 0.15) is 122 Å². The Kier molecular flexibility index (Phi) is 20.2. The Balaban J connectivity index is 2.91. The Bertz CT molecular complexity index is 188. The molecule has 0 nitrogen and oxygen atoms in total. The van der Waals surface area contributed by atoms with Gasteiger partial charge in [0.25, 0.3) is 0 Å². The molecule has 1 heteroatoms. The van der Waals surface area contributed by atoms with Crippen LogP contribution in [0.25, 0.3) is 0 Å². The van der Waals surface area contributed by atoms with Crippen LogP contribution in [-0.2, 0) is 0 Å². The first kappa shape index (κ1) is 21.1. The lowest BCUT2D eigenvalue weighted by atomic mass is 10.0. The fraction of sp³-hybridized carbons (Fsp3) is 0.950. The number of thiocarbonyl (C=S) groups is 1. The molecule has 0 aromatic heterocycles. The molecule has 126 valence electrons. The topological polar surface area (TPSA) is 0 Å². The molecule has 0 saturated heterocycles. The molecule has 0 radical (unpaired) electrons. The summed E-state index contributed by atoms with van der Waals surface area (Å²) in [5.41, 5.74) is 0. The molecule has 0 amide bonds. The van der Waals surface area contributed by atoms with Crippen LogP contribution in [0, 0.1) is 0 Å². The maximum atomic E-state index is 4.84. The molecule has 0 aromatic rings. The summed E-state index contributed by atoms with van der Waals surface area (Å²) in [6.45, 7) is 2.29. The van der Waals surface area contributed by atoms with Gasteiger partial charge in [-0.2, -0.15) is 0 Å². The van der Waals surface area contributed by atoms with Crippen LogP contribution in [0.5, 0.6) is 0 Å². The smallest absolute Gasteiger partial charge is 0.0210 e. The summed E-state index contributed by atoms with van der Waals surface area (Å²) < 4.78 is 0. The second-order valence-electron chi connectivity index (χ2n) is 6.61. The Morgan fingerprint density at radius 1 is 0.476 bits per heavy atom. The summed E-state index contributed by atoms with van der Waals surface area (Å²) in [6, 6.07) is 0.